The Bertz CT molecular complexity index is 427. The van der Waals surface area contributed by atoms with Crippen LogP contribution >= 0.6 is 0 Å². The number of carbonyl (C=O) groups excluding carboxylic acids is 1. The van der Waals surface area contributed by atoms with E-state index in [1.165, 1.54) is 18.9 Å². The van der Waals surface area contributed by atoms with Gasteiger partial charge < -0.3 is 4.74 Å². The minimum absolute atomic E-state index is 0.00449. The van der Waals surface area contributed by atoms with Crippen molar-refractivity contribution in [3.8, 4) is 0 Å². The van der Waals surface area contributed by atoms with Crippen LogP contribution in [0.25, 0.3) is 0 Å². The van der Waals surface area contributed by atoms with Gasteiger partial charge in [0.05, 0.1) is 14.2 Å². The molecule has 2 fully saturated rings. The Morgan fingerprint density at radius 3 is 2.00 bits per heavy atom. The van der Waals surface area contributed by atoms with Crippen LogP contribution < -0.4 is 0 Å². The monoisotopic (exact) mass is 366 g/mol. The summed E-state index contributed by atoms with van der Waals surface area (Å²) in [6, 6.07) is 1.33. The van der Waals surface area contributed by atoms with Crippen molar-refractivity contribution in [2.45, 2.75) is 116 Å². The summed E-state index contributed by atoms with van der Waals surface area (Å²) in [5, 5.41) is 0. The van der Waals surface area contributed by atoms with Crippen molar-refractivity contribution in [3.05, 3.63) is 0 Å². The van der Waals surface area contributed by atoms with E-state index in [9.17, 15) is 4.79 Å². The van der Waals surface area contributed by atoms with Crippen molar-refractivity contribution >= 4 is 13.9 Å². The lowest BCUT2D eigenvalue weighted by Gasteiger charge is -2.51. The molecule has 0 unspecified atom stereocenters. The fourth-order valence-electron chi connectivity index (χ4n) is 6.73. The summed E-state index contributed by atoms with van der Waals surface area (Å²) in [6.45, 7) is 17.5. The zero-order valence-electron chi connectivity index (χ0n) is 17.9. The molecule has 146 valence electrons. The zero-order valence-corrected chi connectivity index (χ0v) is 18.9. The molecule has 2 saturated carbocycles. The van der Waals surface area contributed by atoms with Gasteiger partial charge in [0.2, 0.25) is 0 Å². The van der Waals surface area contributed by atoms with Crippen LogP contribution in [-0.4, -0.2) is 26.6 Å². The first kappa shape index (κ1) is 21.2. The zero-order chi connectivity index (χ0) is 18.8. The summed E-state index contributed by atoms with van der Waals surface area (Å²) < 4.78 is 5.98. The van der Waals surface area contributed by atoms with E-state index in [0.717, 1.165) is 42.5 Å². The van der Waals surface area contributed by atoms with Crippen molar-refractivity contribution in [2.24, 2.45) is 11.3 Å². The van der Waals surface area contributed by atoms with Crippen molar-refractivity contribution < 1.29 is 9.53 Å². The quantitative estimate of drug-likeness (QED) is 0.474. The van der Waals surface area contributed by atoms with Gasteiger partial charge in [-0.3, -0.25) is 4.79 Å². The predicted molar refractivity (Wildman–Crippen MR) is 110 cm³/mol. The lowest BCUT2D eigenvalue weighted by atomic mass is 9.64. The highest BCUT2D eigenvalue weighted by Crippen LogP contribution is 2.57. The van der Waals surface area contributed by atoms with Crippen LogP contribution in [0.3, 0.4) is 0 Å². The van der Waals surface area contributed by atoms with Crippen molar-refractivity contribution in [1.29, 1.82) is 0 Å². The molecule has 0 N–H and O–H groups in total. The van der Waals surface area contributed by atoms with E-state index in [-0.39, 0.29) is 11.5 Å². The molecule has 0 aliphatic heterocycles. The van der Waals surface area contributed by atoms with E-state index in [0.29, 0.717) is 18.1 Å². The number of hydrogen-bond acceptors (Lipinski definition) is 2. The van der Waals surface area contributed by atoms with Crippen molar-refractivity contribution in [3.63, 3.8) is 0 Å². The SMILES string of the molecule is CCO[C@H]1CC(=O)C2(CCCC2)[C@@H](C[Si](C(C)C)(C(C)C)C(C)C)C1. The standard InChI is InChI=1S/C22H42O2Si/c1-8-24-20-13-19(22(21(23)14-20)11-9-10-12-22)15-25(16(2)3,17(4)5)18(6)7/h16-20H,8-15H2,1-7H3/t19-,20-/m1/s1. The third-order valence-corrected chi connectivity index (χ3v) is 15.7. The van der Waals surface area contributed by atoms with Crippen LogP contribution in [0, 0.1) is 11.3 Å². The molecular weight excluding hydrogens is 324 g/mol. The highest BCUT2D eigenvalue weighted by atomic mass is 28.3. The Morgan fingerprint density at radius 2 is 1.56 bits per heavy atom. The summed E-state index contributed by atoms with van der Waals surface area (Å²) in [5.74, 6) is 1.10. The first-order chi connectivity index (χ1) is 11.7. The molecule has 2 aliphatic carbocycles. The lowest BCUT2D eigenvalue weighted by Crippen LogP contribution is -2.52. The highest BCUT2D eigenvalue weighted by Gasteiger charge is 2.55. The van der Waals surface area contributed by atoms with E-state index >= 15 is 0 Å². The molecular formula is C22H42O2Si. The van der Waals surface area contributed by atoms with E-state index < -0.39 is 8.07 Å². The smallest absolute Gasteiger partial charge is 0.141 e. The van der Waals surface area contributed by atoms with E-state index in [4.69, 9.17) is 4.74 Å². The number of ketones is 1. The minimum Gasteiger partial charge on any atom is -0.378 e. The summed E-state index contributed by atoms with van der Waals surface area (Å²) in [7, 11) is -1.50. The summed E-state index contributed by atoms with van der Waals surface area (Å²) in [5.41, 5.74) is 2.32. The molecule has 1 spiro atoms. The third-order valence-electron chi connectivity index (χ3n) is 8.02. The molecule has 0 radical (unpaired) electrons. The van der Waals surface area contributed by atoms with Gasteiger partial charge in [0, 0.05) is 18.4 Å². The molecule has 0 amide bonds. The maximum absolute atomic E-state index is 13.2. The molecule has 25 heavy (non-hydrogen) atoms. The Labute approximate surface area is 157 Å². The van der Waals surface area contributed by atoms with Crippen LogP contribution in [0.5, 0.6) is 0 Å². The first-order valence-electron chi connectivity index (χ1n) is 10.9. The van der Waals surface area contributed by atoms with E-state index in [1.807, 2.05) is 0 Å². The number of rotatable bonds is 7. The van der Waals surface area contributed by atoms with Gasteiger partial charge in [-0.25, -0.2) is 0 Å². The Balaban J connectivity index is 2.37. The van der Waals surface area contributed by atoms with Gasteiger partial charge in [-0.05, 0) is 32.1 Å². The number of ether oxygens (including phenoxy) is 1. The molecule has 2 atom stereocenters. The normalized spacial score (nSPS) is 27.2. The Kier molecular flexibility index (Phi) is 6.98. The molecule has 3 heteroatoms. The number of Topliss-reactive ketones (excluding diaryl/α,β-unsaturated/α-hetero) is 1. The first-order valence-corrected chi connectivity index (χ1v) is 13.3. The predicted octanol–water partition coefficient (Wildman–Crippen LogP) is 6.61. The molecule has 0 aromatic carbocycles. The molecule has 0 aromatic heterocycles. The van der Waals surface area contributed by atoms with E-state index in [1.54, 1.807) is 0 Å². The van der Waals surface area contributed by atoms with Crippen LogP contribution in [0.1, 0.15) is 87.0 Å². The van der Waals surface area contributed by atoms with Crippen molar-refractivity contribution in [1.82, 2.24) is 0 Å². The van der Waals surface area contributed by atoms with Gasteiger partial charge >= 0.3 is 0 Å². The molecule has 0 heterocycles. The average molecular weight is 367 g/mol. The highest BCUT2D eigenvalue weighted by molar-refractivity contribution is 6.83. The topological polar surface area (TPSA) is 26.3 Å². The van der Waals surface area contributed by atoms with Gasteiger partial charge in [0.1, 0.15) is 5.78 Å². The van der Waals surface area contributed by atoms with Crippen LogP contribution in [0.2, 0.25) is 22.7 Å². The maximum Gasteiger partial charge on any atom is 0.141 e. The lowest BCUT2D eigenvalue weighted by molar-refractivity contribution is -0.141. The molecule has 2 nitrogen and oxygen atoms in total. The average Bonchev–Trinajstić information content (AvgIpc) is 2.99. The van der Waals surface area contributed by atoms with Gasteiger partial charge in [-0.1, -0.05) is 77.1 Å². The van der Waals surface area contributed by atoms with E-state index in [2.05, 4.69) is 48.5 Å². The van der Waals surface area contributed by atoms with Crippen LogP contribution in [0.4, 0.5) is 0 Å². The number of hydrogen-bond donors (Lipinski definition) is 0. The van der Waals surface area contributed by atoms with Gasteiger partial charge in [-0.15, -0.1) is 0 Å². The maximum atomic E-state index is 13.2. The summed E-state index contributed by atoms with van der Waals surface area (Å²) in [4.78, 5) is 13.2. The summed E-state index contributed by atoms with van der Waals surface area (Å²) in [6.07, 6.45) is 6.77. The van der Waals surface area contributed by atoms with Crippen LogP contribution in [0.15, 0.2) is 0 Å². The molecule has 0 aromatic rings. The third kappa shape index (κ3) is 3.78. The fourth-order valence-corrected chi connectivity index (χ4v) is 13.6. The second-order valence-electron chi connectivity index (χ2n) is 9.78. The second-order valence-corrected chi connectivity index (χ2v) is 15.9. The fraction of sp³-hybridized carbons (Fsp3) is 0.955. The molecule has 0 bridgehead atoms. The van der Waals surface area contributed by atoms with Crippen molar-refractivity contribution in [2.75, 3.05) is 6.61 Å². The molecule has 0 saturated heterocycles. The van der Waals surface area contributed by atoms with Gasteiger partial charge in [-0.2, -0.15) is 0 Å². The Hall–Kier alpha value is -0.153. The Morgan fingerprint density at radius 1 is 1.04 bits per heavy atom. The molecule has 2 rings (SSSR count). The second kappa shape index (κ2) is 8.25. The van der Waals surface area contributed by atoms with Crippen LogP contribution in [-0.2, 0) is 9.53 Å². The van der Waals surface area contributed by atoms with Gasteiger partial charge in [0.15, 0.2) is 0 Å². The summed E-state index contributed by atoms with van der Waals surface area (Å²) >= 11 is 0. The minimum atomic E-state index is -1.50. The molecule has 2 aliphatic rings. The van der Waals surface area contributed by atoms with Gasteiger partial charge in [0.25, 0.3) is 0 Å². The largest absolute Gasteiger partial charge is 0.378 e. The number of carbonyl (C=O) groups is 1.